The third-order valence-electron chi connectivity index (χ3n) is 14.0. The standard InChI is InChI=1S/C53H59N3O7/c57-22-18-35-12-9-33-24-38(35)29-37-16-20-55-53(37)56-31-40-30-46-43(17-21-54-46)45(27-32-8-13-36-4-3-7-47(59)42(36)14-10-32)50(40)52(62)44(19-23-58)48(60)15-11-34-26-39(25-33)51(61)49(28-34)63-41-5-1-2-6-41/h3-4,7,9-10,12,14,16-17,20-21,24,26,28,30,32,41,44-45,50,54-59,61H,1-2,5-6,8,11,13,15,18-19,22-23,25,27,29,31H2/t32-,44-,45-,50-/m0/s1. The number of Topliss-reactive ketones (excluding diaryl/α,β-unsaturated/α-hetero) is 2. The summed E-state index contributed by atoms with van der Waals surface area (Å²) in [7, 11) is 0. The van der Waals surface area contributed by atoms with Gasteiger partial charge in [-0.2, -0.15) is 0 Å². The second-order valence-corrected chi connectivity index (χ2v) is 18.1. The number of hydrogen-bond donors (Lipinski definition) is 7. The van der Waals surface area contributed by atoms with E-state index in [0.29, 0.717) is 50.0 Å². The lowest BCUT2D eigenvalue weighted by atomic mass is 9.67. The lowest BCUT2D eigenvalue weighted by molar-refractivity contribution is -0.135. The third kappa shape index (κ3) is 9.15. The van der Waals surface area contributed by atoms with Crippen molar-refractivity contribution in [3.63, 3.8) is 0 Å². The molecule has 63 heavy (non-hydrogen) atoms. The molecule has 9 rings (SSSR count). The quantitative estimate of drug-likeness (QED) is 0.0761. The van der Waals surface area contributed by atoms with Crippen molar-refractivity contribution in [2.75, 3.05) is 25.1 Å². The average Bonchev–Trinajstić information content (AvgIpc) is 4.05. The smallest absolute Gasteiger partial charge is 0.161 e. The van der Waals surface area contributed by atoms with Crippen LogP contribution >= 0.6 is 0 Å². The fraction of sp³-hybridized carbons (Fsp3) is 0.396. The molecule has 4 aliphatic rings. The summed E-state index contributed by atoms with van der Waals surface area (Å²) in [5, 5.41) is 46.6. The van der Waals surface area contributed by atoms with E-state index in [1.807, 2.05) is 36.7 Å². The van der Waals surface area contributed by atoms with Crippen LogP contribution in [-0.2, 0) is 41.7 Å². The number of ether oxygens (including phenoxy) is 1. The monoisotopic (exact) mass is 849 g/mol. The van der Waals surface area contributed by atoms with Gasteiger partial charge in [-0.15, -0.1) is 0 Å². The SMILES string of the molecule is O=C1CCc2cc(c(O)c(OC3CCCC3)c2)Cc2ccc(CCO)c(c2)Cc2cc[nH]c2NCC2=Cc3[nH]ccc3[C@H](C[C@@H]3C=Cc4c(O)cccc4CC3)[C@H]2C(=O)[C@H]1CCO. The van der Waals surface area contributed by atoms with Crippen molar-refractivity contribution in [3.05, 3.63) is 140 Å². The number of nitrogens with one attached hydrogen (secondary N) is 3. The number of fused-ring (bicyclic) bond motifs is 8. The van der Waals surface area contributed by atoms with Crippen LogP contribution in [0, 0.1) is 17.8 Å². The van der Waals surface area contributed by atoms with Crippen LogP contribution in [0.5, 0.6) is 17.2 Å². The van der Waals surface area contributed by atoms with Crippen molar-refractivity contribution in [3.8, 4) is 17.2 Å². The number of carbonyl (C=O) groups excluding carboxylic acids is 2. The highest BCUT2D eigenvalue weighted by Gasteiger charge is 2.42. The first-order valence-electron chi connectivity index (χ1n) is 22.9. The van der Waals surface area contributed by atoms with Crippen LogP contribution in [0.4, 0.5) is 5.82 Å². The maximum atomic E-state index is 15.4. The molecule has 4 bridgehead atoms. The minimum Gasteiger partial charge on any atom is -0.507 e. The average molecular weight is 850 g/mol. The third-order valence-corrected chi connectivity index (χ3v) is 14.0. The molecule has 1 saturated carbocycles. The van der Waals surface area contributed by atoms with Crippen molar-refractivity contribution < 1.29 is 34.8 Å². The first-order chi connectivity index (χ1) is 30.8. The van der Waals surface area contributed by atoms with Crippen LogP contribution in [0.1, 0.15) is 113 Å². The minimum absolute atomic E-state index is 0.0115. The van der Waals surface area contributed by atoms with Gasteiger partial charge in [0.15, 0.2) is 17.3 Å². The predicted octanol–water partition coefficient (Wildman–Crippen LogP) is 8.75. The molecule has 0 spiro atoms. The highest BCUT2D eigenvalue weighted by Crippen LogP contribution is 2.46. The van der Waals surface area contributed by atoms with Gasteiger partial charge in [-0.3, -0.25) is 9.59 Å². The van der Waals surface area contributed by atoms with Gasteiger partial charge in [0, 0.05) is 80.1 Å². The summed E-state index contributed by atoms with van der Waals surface area (Å²) in [5.74, 6) is -0.605. The van der Waals surface area contributed by atoms with Crippen molar-refractivity contribution in [1.82, 2.24) is 9.97 Å². The molecule has 0 amide bonds. The van der Waals surface area contributed by atoms with Crippen LogP contribution < -0.4 is 10.1 Å². The predicted molar refractivity (Wildman–Crippen MR) is 245 cm³/mol. The van der Waals surface area contributed by atoms with Gasteiger partial charge in [-0.05, 0) is 145 Å². The molecule has 0 radical (unpaired) electrons. The molecule has 7 N–H and O–H groups in total. The Morgan fingerprint density at radius 2 is 1.62 bits per heavy atom. The Labute approximate surface area is 369 Å². The number of anilines is 1. The Morgan fingerprint density at radius 3 is 2.46 bits per heavy atom. The van der Waals surface area contributed by atoms with Crippen molar-refractivity contribution in [2.24, 2.45) is 17.8 Å². The molecule has 4 atom stereocenters. The number of aromatic nitrogens is 2. The molecule has 0 unspecified atom stereocenters. The van der Waals surface area contributed by atoms with E-state index in [1.54, 1.807) is 6.07 Å². The summed E-state index contributed by atoms with van der Waals surface area (Å²) in [6, 6.07) is 19.9. The van der Waals surface area contributed by atoms with Crippen LogP contribution in [0.15, 0.2) is 84.7 Å². The van der Waals surface area contributed by atoms with Crippen molar-refractivity contribution >= 4 is 29.5 Å². The molecular formula is C53H59N3O7. The number of aromatic amines is 2. The number of phenols is 2. The van der Waals surface area contributed by atoms with E-state index >= 15 is 4.79 Å². The Bertz CT molecular complexity index is 2520. The molecule has 0 saturated heterocycles. The van der Waals surface area contributed by atoms with Gasteiger partial charge in [-0.25, -0.2) is 0 Å². The number of phenolic OH excluding ortho intramolecular Hbond substituents is 2. The Morgan fingerprint density at radius 1 is 0.778 bits per heavy atom. The largest absolute Gasteiger partial charge is 0.507 e. The normalized spacial score (nSPS) is 21.7. The second-order valence-electron chi connectivity index (χ2n) is 18.1. The Hall–Kier alpha value is -5.84. The van der Waals surface area contributed by atoms with Crippen LogP contribution in [0.25, 0.3) is 12.2 Å². The summed E-state index contributed by atoms with van der Waals surface area (Å²) in [6.07, 6.45) is 18.4. The lowest BCUT2D eigenvalue weighted by Crippen LogP contribution is -2.38. The van der Waals surface area contributed by atoms with Gasteiger partial charge in [0.2, 0.25) is 0 Å². The van der Waals surface area contributed by atoms with Crippen molar-refractivity contribution in [2.45, 2.75) is 95.5 Å². The van der Waals surface area contributed by atoms with Gasteiger partial charge in [0.25, 0.3) is 0 Å². The summed E-state index contributed by atoms with van der Waals surface area (Å²) in [5.41, 5.74) is 10.5. The number of aliphatic hydroxyl groups excluding tert-OH is 2. The number of hydrogen-bond acceptors (Lipinski definition) is 8. The molecule has 3 heterocycles. The van der Waals surface area contributed by atoms with Crippen LogP contribution in [0.2, 0.25) is 0 Å². The fourth-order valence-corrected chi connectivity index (χ4v) is 10.7. The van der Waals surface area contributed by atoms with Gasteiger partial charge < -0.3 is 40.4 Å². The van der Waals surface area contributed by atoms with E-state index in [2.05, 4.69) is 63.8 Å². The maximum Gasteiger partial charge on any atom is 0.161 e. The zero-order chi connectivity index (χ0) is 43.5. The van der Waals surface area contributed by atoms with E-state index in [-0.39, 0.29) is 67.1 Å². The molecule has 10 heteroatoms. The number of rotatable bonds is 8. The van der Waals surface area contributed by atoms with Crippen molar-refractivity contribution in [1.29, 1.82) is 0 Å². The zero-order valence-corrected chi connectivity index (χ0v) is 35.9. The Kier molecular flexibility index (Phi) is 12.7. The number of ketones is 2. The number of allylic oxidation sites excluding steroid dienone is 1. The van der Waals surface area contributed by atoms with Gasteiger partial charge in [0.1, 0.15) is 17.4 Å². The molecule has 3 aliphatic carbocycles. The topological polar surface area (TPSA) is 168 Å². The molecular weight excluding hydrogens is 791 g/mol. The molecule has 1 fully saturated rings. The molecule has 5 aromatic rings. The lowest BCUT2D eigenvalue weighted by Gasteiger charge is -2.36. The Balaban J connectivity index is 1.11. The van der Waals surface area contributed by atoms with E-state index in [4.69, 9.17) is 4.74 Å². The fourth-order valence-electron chi connectivity index (χ4n) is 10.7. The second kappa shape index (κ2) is 18.9. The zero-order valence-electron chi connectivity index (χ0n) is 35.9. The number of aryl methyl sites for hydroxylation is 2. The van der Waals surface area contributed by atoms with Crippen LogP contribution in [0.3, 0.4) is 0 Å². The number of benzene rings is 3. The van der Waals surface area contributed by atoms with E-state index in [0.717, 1.165) is 100 Å². The number of aliphatic hydroxyl groups is 2. The highest BCUT2D eigenvalue weighted by molar-refractivity contribution is 6.05. The number of H-pyrrole nitrogens is 2. The summed E-state index contributed by atoms with van der Waals surface area (Å²) in [6.45, 7) is 0.0602. The van der Waals surface area contributed by atoms with Gasteiger partial charge >= 0.3 is 0 Å². The number of carbonyl (C=O) groups is 2. The van der Waals surface area contributed by atoms with E-state index < -0.39 is 11.8 Å². The molecule has 3 aromatic carbocycles. The number of aromatic hydroxyl groups is 2. The minimum atomic E-state index is -1.02. The highest BCUT2D eigenvalue weighted by atomic mass is 16.5. The van der Waals surface area contributed by atoms with Gasteiger partial charge in [0.05, 0.1) is 12.0 Å². The molecule has 328 valence electrons. The molecule has 2 aromatic heterocycles. The summed E-state index contributed by atoms with van der Waals surface area (Å²) >= 11 is 0. The summed E-state index contributed by atoms with van der Waals surface area (Å²) < 4.78 is 6.45. The molecule has 10 nitrogen and oxygen atoms in total. The van der Waals surface area contributed by atoms with Gasteiger partial charge in [-0.1, -0.05) is 48.6 Å². The first kappa shape index (κ1) is 42.5. The van der Waals surface area contributed by atoms with E-state index in [9.17, 15) is 25.2 Å². The summed E-state index contributed by atoms with van der Waals surface area (Å²) in [4.78, 5) is 36.8. The maximum absolute atomic E-state index is 15.4. The van der Waals surface area contributed by atoms with Crippen LogP contribution in [-0.4, -0.2) is 67.8 Å². The first-order valence-corrected chi connectivity index (χ1v) is 22.9. The molecule has 1 aliphatic heterocycles. The van der Waals surface area contributed by atoms with E-state index in [1.165, 1.54) is 0 Å².